The Morgan fingerprint density at radius 1 is 1.17 bits per heavy atom. The number of carbonyl (C=O) groups is 1. The van der Waals surface area contributed by atoms with E-state index >= 15 is 0 Å². The minimum absolute atomic E-state index is 0.145. The Hall–Kier alpha value is -1.86. The zero-order valence-corrected chi connectivity index (χ0v) is 18.6. The van der Waals surface area contributed by atoms with Crippen molar-refractivity contribution in [3.05, 3.63) is 81.8 Å². The molecule has 0 bridgehead atoms. The number of esters is 1. The average Bonchev–Trinajstić information content (AvgIpc) is 3.04. The molecule has 0 unspecified atom stereocenters. The Labute approximate surface area is 190 Å². The minimum atomic E-state index is -1.69. The molecule has 4 rings (SSSR count). The molecule has 3 aromatic rings. The number of aliphatic imine (C=N–C) groups is 1. The van der Waals surface area contributed by atoms with Gasteiger partial charge in [0.25, 0.3) is 0 Å². The first-order valence-electron chi connectivity index (χ1n) is 8.54. The first kappa shape index (κ1) is 20.4. The minimum Gasteiger partial charge on any atom is -0.456 e. The third-order valence-corrected chi connectivity index (χ3v) is 5.15. The lowest BCUT2D eigenvalue weighted by Crippen LogP contribution is -2.18. The number of aromatic nitrogens is 2. The van der Waals surface area contributed by atoms with E-state index in [2.05, 4.69) is 20.9 Å². The van der Waals surface area contributed by atoms with Gasteiger partial charge in [-0.2, -0.15) is 0 Å². The standard InChI is InChI=1S/C20H13BrCl3N3O2/c21-13-6-7-15-14(8-13)17(12-4-2-1-3-5-12)25-9-16-18(26-11-27(15)16)19(28)29-10-20(22,23)24/h1-8,11H,9-10H2. The highest BCUT2D eigenvalue weighted by Gasteiger charge is 2.28. The quantitative estimate of drug-likeness (QED) is 0.343. The van der Waals surface area contributed by atoms with Crippen molar-refractivity contribution in [1.82, 2.24) is 9.55 Å². The van der Waals surface area contributed by atoms with Crippen LogP contribution in [0.4, 0.5) is 0 Å². The Balaban J connectivity index is 1.80. The van der Waals surface area contributed by atoms with Crippen LogP contribution >= 0.6 is 50.7 Å². The maximum Gasteiger partial charge on any atom is 0.359 e. The van der Waals surface area contributed by atoms with Gasteiger partial charge >= 0.3 is 5.97 Å². The highest BCUT2D eigenvalue weighted by atomic mass is 79.9. The molecule has 0 aliphatic carbocycles. The van der Waals surface area contributed by atoms with Crippen LogP contribution in [0.5, 0.6) is 0 Å². The summed E-state index contributed by atoms with van der Waals surface area (Å²) in [7, 11) is 0. The van der Waals surface area contributed by atoms with Crippen LogP contribution in [0.1, 0.15) is 27.3 Å². The van der Waals surface area contributed by atoms with Crippen molar-refractivity contribution in [2.75, 3.05) is 6.61 Å². The first-order valence-corrected chi connectivity index (χ1v) is 10.5. The fourth-order valence-corrected chi connectivity index (χ4v) is 3.63. The number of halogens is 4. The molecule has 2 aromatic carbocycles. The van der Waals surface area contributed by atoms with E-state index in [1.54, 1.807) is 6.33 Å². The molecular weight excluding hydrogens is 501 g/mol. The summed E-state index contributed by atoms with van der Waals surface area (Å²) in [5, 5.41) is 0. The van der Waals surface area contributed by atoms with Crippen LogP contribution in [0.25, 0.3) is 5.69 Å². The molecule has 9 heteroatoms. The summed E-state index contributed by atoms with van der Waals surface area (Å²) in [6, 6.07) is 15.7. The van der Waals surface area contributed by atoms with Gasteiger partial charge in [-0.1, -0.05) is 81.1 Å². The number of alkyl halides is 3. The van der Waals surface area contributed by atoms with Crippen molar-refractivity contribution in [2.45, 2.75) is 10.3 Å². The number of nitrogens with zero attached hydrogens (tertiary/aromatic N) is 3. The lowest BCUT2D eigenvalue weighted by molar-refractivity contribution is 0.0504. The van der Waals surface area contributed by atoms with E-state index in [9.17, 15) is 4.79 Å². The number of rotatable bonds is 3. The second-order valence-corrected chi connectivity index (χ2v) is 9.73. The molecule has 0 spiro atoms. The van der Waals surface area contributed by atoms with Gasteiger partial charge in [0.1, 0.15) is 12.9 Å². The molecular formula is C20H13BrCl3N3O2. The third kappa shape index (κ3) is 4.36. The van der Waals surface area contributed by atoms with Gasteiger partial charge in [0.2, 0.25) is 3.79 Å². The van der Waals surface area contributed by atoms with Crippen LogP contribution in [0.2, 0.25) is 0 Å². The molecule has 1 aliphatic heterocycles. The third-order valence-electron chi connectivity index (χ3n) is 4.33. The van der Waals surface area contributed by atoms with Gasteiger partial charge in [-0.25, -0.2) is 9.78 Å². The Morgan fingerprint density at radius 2 is 1.93 bits per heavy atom. The summed E-state index contributed by atoms with van der Waals surface area (Å²) in [6.07, 6.45) is 1.58. The van der Waals surface area contributed by atoms with E-state index in [0.29, 0.717) is 5.69 Å². The molecule has 0 N–H and O–H groups in total. The summed E-state index contributed by atoms with van der Waals surface area (Å²) < 4.78 is 6.18. The molecule has 1 aliphatic rings. The lowest BCUT2D eigenvalue weighted by atomic mass is 10.0. The largest absolute Gasteiger partial charge is 0.456 e. The highest BCUT2D eigenvalue weighted by molar-refractivity contribution is 9.10. The fourth-order valence-electron chi connectivity index (χ4n) is 3.11. The van der Waals surface area contributed by atoms with Crippen molar-refractivity contribution in [3.8, 4) is 5.69 Å². The van der Waals surface area contributed by atoms with Gasteiger partial charge in [-0.15, -0.1) is 0 Å². The fraction of sp³-hybridized carbons (Fsp3) is 0.150. The molecule has 0 saturated carbocycles. The van der Waals surface area contributed by atoms with Gasteiger partial charge in [0, 0.05) is 15.6 Å². The van der Waals surface area contributed by atoms with Crippen molar-refractivity contribution in [1.29, 1.82) is 0 Å². The second kappa shape index (κ2) is 8.11. The summed E-state index contributed by atoms with van der Waals surface area (Å²) >= 11 is 20.6. The predicted octanol–water partition coefficient (Wildman–Crippen LogP) is 5.51. The van der Waals surface area contributed by atoms with Crippen LogP contribution in [-0.2, 0) is 11.3 Å². The van der Waals surface area contributed by atoms with E-state index in [-0.39, 0.29) is 18.8 Å². The highest BCUT2D eigenvalue weighted by Crippen LogP contribution is 2.30. The number of fused-ring (bicyclic) bond motifs is 3. The van der Waals surface area contributed by atoms with E-state index in [1.165, 1.54) is 0 Å². The molecule has 2 heterocycles. The van der Waals surface area contributed by atoms with Gasteiger partial charge in [0.05, 0.1) is 23.6 Å². The van der Waals surface area contributed by atoms with E-state index in [4.69, 9.17) is 44.5 Å². The van der Waals surface area contributed by atoms with E-state index < -0.39 is 9.76 Å². The number of benzene rings is 2. The monoisotopic (exact) mass is 511 g/mol. The van der Waals surface area contributed by atoms with Crippen molar-refractivity contribution < 1.29 is 9.53 Å². The number of hydrogen-bond acceptors (Lipinski definition) is 4. The normalized spacial score (nSPS) is 13.2. The SMILES string of the molecule is O=C(OCC(Cl)(Cl)Cl)c1ncn2c1CN=C(c1ccccc1)c1cc(Br)ccc1-2. The Bertz CT molecular complexity index is 1110. The van der Waals surface area contributed by atoms with Crippen LogP contribution in [0.3, 0.4) is 0 Å². The van der Waals surface area contributed by atoms with Gasteiger partial charge in [-0.05, 0) is 18.2 Å². The summed E-state index contributed by atoms with van der Waals surface area (Å²) in [5.74, 6) is -0.665. The average molecular weight is 514 g/mol. The lowest BCUT2D eigenvalue weighted by Gasteiger charge is -2.12. The molecule has 29 heavy (non-hydrogen) atoms. The maximum atomic E-state index is 12.5. The maximum absolute atomic E-state index is 12.5. The predicted molar refractivity (Wildman–Crippen MR) is 118 cm³/mol. The molecule has 0 atom stereocenters. The van der Waals surface area contributed by atoms with E-state index in [0.717, 1.165) is 27.0 Å². The Morgan fingerprint density at radius 3 is 2.66 bits per heavy atom. The second-order valence-electron chi connectivity index (χ2n) is 6.29. The molecule has 1 aromatic heterocycles. The summed E-state index contributed by atoms with van der Waals surface area (Å²) in [5.41, 5.74) is 4.33. The van der Waals surface area contributed by atoms with Crippen LogP contribution in [0, 0.1) is 0 Å². The molecule has 0 fully saturated rings. The van der Waals surface area contributed by atoms with Gasteiger partial charge in [0.15, 0.2) is 5.69 Å². The topological polar surface area (TPSA) is 56.5 Å². The molecule has 0 radical (unpaired) electrons. The smallest absolute Gasteiger partial charge is 0.359 e. The number of ether oxygens (including phenoxy) is 1. The number of carbonyl (C=O) groups excluding carboxylic acids is 1. The van der Waals surface area contributed by atoms with Crippen molar-refractivity contribution >= 4 is 62.4 Å². The summed E-state index contributed by atoms with van der Waals surface area (Å²) in [6.45, 7) is -0.125. The molecule has 0 amide bonds. The van der Waals surface area contributed by atoms with Gasteiger partial charge in [-0.3, -0.25) is 9.56 Å². The number of imidazole rings is 1. The van der Waals surface area contributed by atoms with Gasteiger partial charge < -0.3 is 4.74 Å². The molecule has 148 valence electrons. The van der Waals surface area contributed by atoms with E-state index in [1.807, 2.05) is 53.1 Å². The molecule has 0 saturated heterocycles. The zero-order valence-electron chi connectivity index (χ0n) is 14.8. The molecule has 5 nitrogen and oxygen atoms in total. The number of hydrogen-bond donors (Lipinski definition) is 0. The zero-order chi connectivity index (χ0) is 20.6. The summed E-state index contributed by atoms with van der Waals surface area (Å²) in [4.78, 5) is 21.6. The van der Waals surface area contributed by atoms with Crippen LogP contribution in [0.15, 0.2) is 64.3 Å². The van der Waals surface area contributed by atoms with Crippen molar-refractivity contribution in [2.24, 2.45) is 4.99 Å². The van der Waals surface area contributed by atoms with Crippen molar-refractivity contribution in [3.63, 3.8) is 0 Å². The Kier molecular flexibility index (Phi) is 5.71. The van der Waals surface area contributed by atoms with Crippen LogP contribution in [-0.4, -0.2) is 31.6 Å². The van der Waals surface area contributed by atoms with Crippen LogP contribution < -0.4 is 0 Å². The first-order chi connectivity index (χ1) is 13.8.